The Morgan fingerprint density at radius 1 is 1.25 bits per heavy atom. The van der Waals surface area contributed by atoms with Crippen LogP contribution in [0.5, 0.6) is 0 Å². The second-order valence-corrected chi connectivity index (χ2v) is 4.46. The van der Waals surface area contributed by atoms with Gasteiger partial charge in [0.1, 0.15) is 6.10 Å². The molecule has 4 heteroatoms. The number of hydrogen-bond donors (Lipinski definition) is 1. The monoisotopic (exact) mass is 240 g/mol. The van der Waals surface area contributed by atoms with Crippen molar-refractivity contribution >= 4 is 11.3 Å². The summed E-state index contributed by atoms with van der Waals surface area (Å²) in [4.78, 5) is 0.643. The maximum Gasteiger partial charge on any atom is 0.164 e. The van der Waals surface area contributed by atoms with Gasteiger partial charge in [0.2, 0.25) is 0 Å². The van der Waals surface area contributed by atoms with Gasteiger partial charge < -0.3 is 5.11 Å². The SMILES string of the molecule is Cc1ccsc1C(O)c1cccc(F)c1F. The van der Waals surface area contributed by atoms with Gasteiger partial charge in [0.05, 0.1) is 0 Å². The summed E-state index contributed by atoms with van der Waals surface area (Å²) in [5, 5.41) is 11.8. The number of aliphatic hydroxyl groups excluding tert-OH is 1. The maximum absolute atomic E-state index is 13.4. The topological polar surface area (TPSA) is 20.2 Å². The van der Waals surface area contributed by atoms with Gasteiger partial charge in [0, 0.05) is 10.4 Å². The van der Waals surface area contributed by atoms with E-state index in [2.05, 4.69) is 0 Å². The third-order valence-corrected chi connectivity index (χ3v) is 3.50. The van der Waals surface area contributed by atoms with Crippen LogP contribution in [-0.2, 0) is 0 Å². The molecule has 0 fully saturated rings. The van der Waals surface area contributed by atoms with Gasteiger partial charge in [-0.3, -0.25) is 0 Å². The van der Waals surface area contributed by atoms with E-state index in [4.69, 9.17) is 0 Å². The highest BCUT2D eigenvalue weighted by Crippen LogP contribution is 2.31. The van der Waals surface area contributed by atoms with E-state index in [9.17, 15) is 13.9 Å². The van der Waals surface area contributed by atoms with E-state index in [-0.39, 0.29) is 5.56 Å². The molecule has 0 aliphatic rings. The Bertz CT molecular complexity index is 507. The standard InChI is InChI=1S/C12H10F2OS/c1-7-5-6-16-12(7)11(15)8-3-2-4-9(13)10(8)14/h2-6,11,15H,1H3. The molecule has 1 unspecified atom stereocenters. The number of hydrogen-bond acceptors (Lipinski definition) is 2. The van der Waals surface area contributed by atoms with Crippen molar-refractivity contribution in [2.45, 2.75) is 13.0 Å². The lowest BCUT2D eigenvalue weighted by Gasteiger charge is -2.11. The van der Waals surface area contributed by atoms with E-state index in [1.54, 1.807) is 0 Å². The molecule has 84 valence electrons. The van der Waals surface area contributed by atoms with E-state index < -0.39 is 17.7 Å². The van der Waals surface area contributed by atoms with E-state index in [1.807, 2.05) is 18.4 Å². The van der Waals surface area contributed by atoms with Crippen molar-refractivity contribution in [1.29, 1.82) is 0 Å². The molecule has 0 bridgehead atoms. The van der Waals surface area contributed by atoms with Crippen LogP contribution >= 0.6 is 11.3 Å². The Hall–Kier alpha value is -1.26. The van der Waals surface area contributed by atoms with Crippen LogP contribution in [0.15, 0.2) is 29.6 Å². The highest BCUT2D eigenvalue weighted by atomic mass is 32.1. The maximum atomic E-state index is 13.4. The number of rotatable bonds is 2. The third-order valence-electron chi connectivity index (χ3n) is 2.43. The number of benzene rings is 1. The van der Waals surface area contributed by atoms with Crippen molar-refractivity contribution in [3.63, 3.8) is 0 Å². The molecule has 1 atom stereocenters. The minimum absolute atomic E-state index is 0.0226. The van der Waals surface area contributed by atoms with Crippen molar-refractivity contribution in [3.05, 3.63) is 57.3 Å². The highest BCUT2D eigenvalue weighted by Gasteiger charge is 2.19. The first-order valence-corrected chi connectivity index (χ1v) is 5.65. The van der Waals surface area contributed by atoms with Crippen LogP contribution < -0.4 is 0 Å². The molecule has 0 aliphatic carbocycles. The van der Waals surface area contributed by atoms with Gasteiger partial charge in [-0.25, -0.2) is 8.78 Å². The van der Waals surface area contributed by atoms with E-state index >= 15 is 0 Å². The van der Waals surface area contributed by atoms with Crippen LogP contribution in [0.4, 0.5) is 8.78 Å². The summed E-state index contributed by atoms with van der Waals surface area (Å²) in [6, 6.07) is 5.65. The van der Waals surface area contributed by atoms with Crippen molar-refractivity contribution in [3.8, 4) is 0 Å². The lowest BCUT2D eigenvalue weighted by molar-refractivity contribution is 0.216. The molecule has 1 heterocycles. The fourth-order valence-electron chi connectivity index (χ4n) is 1.54. The molecule has 0 saturated heterocycles. The molecular formula is C12H10F2OS. The molecule has 2 aromatic rings. The van der Waals surface area contributed by atoms with Crippen LogP contribution in [0.2, 0.25) is 0 Å². The Morgan fingerprint density at radius 3 is 2.62 bits per heavy atom. The van der Waals surface area contributed by atoms with E-state index in [1.165, 1.54) is 23.5 Å². The third kappa shape index (κ3) is 1.86. The Morgan fingerprint density at radius 2 is 2.00 bits per heavy atom. The summed E-state index contributed by atoms with van der Waals surface area (Å²) in [5.41, 5.74) is 0.853. The molecule has 1 nitrogen and oxygen atoms in total. The molecule has 0 aliphatic heterocycles. The molecule has 2 rings (SSSR count). The minimum Gasteiger partial charge on any atom is -0.383 e. The minimum atomic E-state index is -1.10. The fourth-order valence-corrected chi connectivity index (χ4v) is 2.47. The zero-order valence-electron chi connectivity index (χ0n) is 8.58. The van der Waals surface area contributed by atoms with E-state index in [0.717, 1.165) is 11.6 Å². The van der Waals surface area contributed by atoms with Crippen molar-refractivity contribution in [2.75, 3.05) is 0 Å². The zero-order chi connectivity index (χ0) is 11.7. The second-order valence-electron chi connectivity index (χ2n) is 3.51. The number of aliphatic hydroxyl groups is 1. The summed E-state index contributed by atoms with van der Waals surface area (Å²) in [7, 11) is 0. The number of halogens is 2. The first kappa shape index (κ1) is 11.2. The number of aryl methyl sites for hydroxylation is 1. The molecule has 0 spiro atoms. The van der Waals surface area contributed by atoms with Gasteiger partial charge in [-0.1, -0.05) is 12.1 Å². The summed E-state index contributed by atoms with van der Waals surface area (Å²) in [6.45, 7) is 1.83. The van der Waals surface area contributed by atoms with E-state index in [0.29, 0.717) is 4.88 Å². The van der Waals surface area contributed by atoms with Crippen LogP contribution in [0.1, 0.15) is 22.1 Å². The normalized spacial score (nSPS) is 12.8. The van der Waals surface area contributed by atoms with Crippen LogP contribution in [-0.4, -0.2) is 5.11 Å². The molecule has 1 N–H and O–H groups in total. The first-order chi connectivity index (χ1) is 7.61. The Balaban J connectivity index is 2.46. The average molecular weight is 240 g/mol. The smallest absolute Gasteiger partial charge is 0.164 e. The molecular weight excluding hydrogens is 230 g/mol. The van der Waals surface area contributed by atoms with Gasteiger partial charge in [-0.15, -0.1) is 11.3 Å². The quantitative estimate of drug-likeness (QED) is 0.852. The summed E-state index contributed by atoms with van der Waals surface area (Å²) >= 11 is 1.33. The van der Waals surface area contributed by atoms with Gasteiger partial charge in [0.25, 0.3) is 0 Å². The van der Waals surface area contributed by atoms with Crippen molar-refractivity contribution in [2.24, 2.45) is 0 Å². The molecule has 0 amide bonds. The molecule has 1 aromatic carbocycles. The van der Waals surface area contributed by atoms with Gasteiger partial charge in [-0.2, -0.15) is 0 Å². The van der Waals surface area contributed by atoms with Crippen molar-refractivity contribution in [1.82, 2.24) is 0 Å². The van der Waals surface area contributed by atoms with Gasteiger partial charge >= 0.3 is 0 Å². The largest absolute Gasteiger partial charge is 0.383 e. The highest BCUT2D eigenvalue weighted by molar-refractivity contribution is 7.10. The summed E-state index contributed by atoms with van der Waals surface area (Å²) in [5.74, 6) is -1.92. The lowest BCUT2D eigenvalue weighted by atomic mass is 10.1. The molecule has 16 heavy (non-hydrogen) atoms. The van der Waals surface area contributed by atoms with Crippen molar-refractivity contribution < 1.29 is 13.9 Å². The number of thiophene rings is 1. The van der Waals surface area contributed by atoms with Crippen LogP contribution in [0, 0.1) is 18.6 Å². The summed E-state index contributed by atoms with van der Waals surface area (Å²) < 4.78 is 26.4. The molecule has 0 radical (unpaired) electrons. The molecule has 0 saturated carbocycles. The van der Waals surface area contributed by atoms with Crippen LogP contribution in [0.25, 0.3) is 0 Å². The Kier molecular flexibility index (Phi) is 3.03. The second kappa shape index (κ2) is 4.31. The van der Waals surface area contributed by atoms with Gasteiger partial charge in [-0.05, 0) is 30.0 Å². The lowest BCUT2D eigenvalue weighted by Crippen LogP contribution is -2.03. The predicted molar refractivity (Wildman–Crippen MR) is 59.5 cm³/mol. The predicted octanol–water partition coefficient (Wildman–Crippen LogP) is 3.42. The fraction of sp³-hybridized carbons (Fsp3) is 0.167. The van der Waals surface area contributed by atoms with Gasteiger partial charge in [0.15, 0.2) is 11.6 Å². The summed E-state index contributed by atoms with van der Waals surface area (Å²) in [6.07, 6.45) is -1.10. The zero-order valence-corrected chi connectivity index (χ0v) is 9.39. The first-order valence-electron chi connectivity index (χ1n) is 4.77. The average Bonchev–Trinajstić information content (AvgIpc) is 2.68. The molecule has 1 aromatic heterocycles. The van der Waals surface area contributed by atoms with Crippen LogP contribution in [0.3, 0.4) is 0 Å². The Labute approximate surface area is 96.0 Å².